The molecule has 0 aliphatic heterocycles. The number of hydrogen-bond acceptors (Lipinski definition) is 4. The average Bonchev–Trinajstić information content (AvgIpc) is 2.77. The monoisotopic (exact) mass is 231 g/mol. The molecule has 2 rings (SSSR count). The summed E-state index contributed by atoms with van der Waals surface area (Å²) in [5.41, 5.74) is 4.97. The summed E-state index contributed by atoms with van der Waals surface area (Å²) in [6.45, 7) is 0. The van der Waals surface area contributed by atoms with E-state index in [1.807, 2.05) is 36.0 Å². The second-order valence-corrected chi connectivity index (χ2v) is 3.96. The minimum atomic E-state index is 0.0751. The van der Waals surface area contributed by atoms with Gasteiger partial charge in [0.25, 0.3) is 0 Å². The Morgan fingerprint density at radius 3 is 2.82 bits per heavy atom. The Labute approximate surface area is 101 Å². The van der Waals surface area contributed by atoms with Gasteiger partial charge in [-0.15, -0.1) is 0 Å². The molecule has 3 N–H and O–H groups in total. The number of aromatic nitrogens is 3. The molecule has 0 fully saturated rings. The van der Waals surface area contributed by atoms with E-state index in [2.05, 4.69) is 15.5 Å². The number of nitrogens with zero attached hydrogens (tertiary/aromatic N) is 3. The van der Waals surface area contributed by atoms with Gasteiger partial charge in [-0.25, -0.2) is 0 Å². The highest BCUT2D eigenvalue weighted by molar-refractivity contribution is 5.09. The van der Waals surface area contributed by atoms with Crippen molar-refractivity contribution in [1.29, 1.82) is 0 Å². The molecule has 2 aromatic heterocycles. The van der Waals surface area contributed by atoms with E-state index in [4.69, 9.17) is 5.84 Å². The smallest absolute Gasteiger partial charge is 0.0635 e. The van der Waals surface area contributed by atoms with Crippen LogP contribution in [0.5, 0.6) is 0 Å². The molecular weight excluding hydrogens is 214 g/mol. The molecule has 17 heavy (non-hydrogen) atoms. The standard InChI is InChI=1S/C12H17N5/c1-17-10(7-9-15-17)5-6-12(16-13)11-4-2-3-8-14-11/h2-4,7-9,12,16H,5-6,13H2,1H3. The van der Waals surface area contributed by atoms with Gasteiger partial charge in [0.05, 0.1) is 11.7 Å². The Kier molecular flexibility index (Phi) is 3.85. The molecule has 0 saturated heterocycles. The van der Waals surface area contributed by atoms with Crippen molar-refractivity contribution in [3.05, 3.63) is 48.0 Å². The minimum absolute atomic E-state index is 0.0751. The number of aryl methyl sites for hydroxylation is 2. The van der Waals surface area contributed by atoms with Crippen molar-refractivity contribution in [1.82, 2.24) is 20.2 Å². The van der Waals surface area contributed by atoms with Crippen LogP contribution in [0.3, 0.4) is 0 Å². The van der Waals surface area contributed by atoms with E-state index >= 15 is 0 Å². The summed E-state index contributed by atoms with van der Waals surface area (Å²) in [6.07, 6.45) is 5.40. The highest BCUT2D eigenvalue weighted by Crippen LogP contribution is 2.15. The molecule has 0 aliphatic carbocycles. The summed E-state index contributed by atoms with van der Waals surface area (Å²) in [7, 11) is 1.95. The van der Waals surface area contributed by atoms with Crippen LogP contribution in [0.2, 0.25) is 0 Å². The predicted molar refractivity (Wildman–Crippen MR) is 65.8 cm³/mol. The van der Waals surface area contributed by atoms with Crippen LogP contribution in [0.4, 0.5) is 0 Å². The first-order valence-corrected chi connectivity index (χ1v) is 5.65. The topological polar surface area (TPSA) is 68.8 Å². The zero-order chi connectivity index (χ0) is 12.1. The number of rotatable bonds is 5. The van der Waals surface area contributed by atoms with E-state index in [1.165, 1.54) is 5.69 Å². The molecule has 5 heteroatoms. The number of nitrogens with two attached hydrogens (primary N) is 1. The van der Waals surface area contributed by atoms with E-state index in [9.17, 15) is 0 Å². The van der Waals surface area contributed by atoms with Gasteiger partial charge in [-0.3, -0.25) is 20.9 Å². The van der Waals surface area contributed by atoms with Gasteiger partial charge in [-0.05, 0) is 31.0 Å². The van der Waals surface area contributed by atoms with Gasteiger partial charge < -0.3 is 0 Å². The van der Waals surface area contributed by atoms with Crippen LogP contribution in [0.15, 0.2) is 36.7 Å². The summed E-state index contributed by atoms with van der Waals surface area (Å²) in [6, 6.07) is 7.94. The molecule has 0 bridgehead atoms. The third kappa shape index (κ3) is 2.89. The molecule has 0 radical (unpaired) electrons. The normalized spacial score (nSPS) is 12.6. The molecule has 0 aromatic carbocycles. The van der Waals surface area contributed by atoms with Crippen molar-refractivity contribution < 1.29 is 0 Å². The molecule has 0 aliphatic rings. The molecule has 1 unspecified atom stereocenters. The lowest BCUT2D eigenvalue weighted by atomic mass is 10.1. The molecule has 2 heterocycles. The van der Waals surface area contributed by atoms with Crippen molar-refractivity contribution in [2.45, 2.75) is 18.9 Å². The fraction of sp³-hybridized carbons (Fsp3) is 0.333. The molecule has 5 nitrogen and oxygen atoms in total. The largest absolute Gasteiger partial charge is 0.273 e. The molecular formula is C12H17N5. The van der Waals surface area contributed by atoms with Crippen LogP contribution >= 0.6 is 0 Å². The Hall–Kier alpha value is -1.72. The lowest BCUT2D eigenvalue weighted by molar-refractivity contribution is 0.496. The fourth-order valence-electron chi connectivity index (χ4n) is 1.84. The first kappa shape index (κ1) is 11.8. The zero-order valence-corrected chi connectivity index (χ0v) is 9.87. The van der Waals surface area contributed by atoms with Crippen molar-refractivity contribution in [2.75, 3.05) is 0 Å². The number of hydrazine groups is 1. The van der Waals surface area contributed by atoms with E-state index in [0.717, 1.165) is 18.5 Å². The maximum absolute atomic E-state index is 5.57. The SMILES string of the molecule is Cn1nccc1CCC(NN)c1ccccn1. The fourth-order valence-corrected chi connectivity index (χ4v) is 1.84. The van der Waals surface area contributed by atoms with Crippen molar-refractivity contribution in [3.8, 4) is 0 Å². The van der Waals surface area contributed by atoms with Gasteiger partial charge >= 0.3 is 0 Å². The summed E-state index contributed by atoms with van der Waals surface area (Å²) < 4.78 is 1.88. The zero-order valence-electron chi connectivity index (χ0n) is 9.87. The third-order valence-electron chi connectivity index (χ3n) is 2.86. The van der Waals surface area contributed by atoms with Gasteiger partial charge in [0.1, 0.15) is 0 Å². The van der Waals surface area contributed by atoms with Gasteiger partial charge in [0.2, 0.25) is 0 Å². The number of hydrogen-bond donors (Lipinski definition) is 2. The minimum Gasteiger partial charge on any atom is -0.273 e. The van der Waals surface area contributed by atoms with Gasteiger partial charge in [0.15, 0.2) is 0 Å². The van der Waals surface area contributed by atoms with E-state index in [0.29, 0.717) is 0 Å². The Balaban J connectivity index is 1.99. The van der Waals surface area contributed by atoms with E-state index in [1.54, 1.807) is 12.4 Å². The molecule has 1 atom stereocenters. The van der Waals surface area contributed by atoms with Gasteiger partial charge in [0, 0.05) is 25.1 Å². The second-order valence-electron chi connectivity index (χ2n) is 3.96. The average molecular weight is 231 g/mol. The molecule has 2 aromatic rings. The molecule has 0 amide bonds. The van der Waals surface area contributed by atoms with Crippen LogP contribution in [0, 0.1) is 0 Å². The maximum Gasteiger partial charge on any atom is 0.0635 e. The first-order chi connectivity index (χ1) is 8.31. The van der Waals surface area contributed by atoms with Crippen LogP contribution < -0.4 is 11.3 Å². The molecule has 0 saturated carbocycles. The molecule has 90 valence electrons. The van der Waals surface area contributed by atoms with Crippen molar-refractivity contribution in [3.63, 3.8) is 0 Å². The van der Waals surface area contributed by atoms with Crippen molar-refractivity contribution in [2.24, 2.45) is 12.9 Å². The Bertz CT molecular complexity index is 451. The Morgan fingerprint density at radius 1 is 1.35 bits per heavy atom. The summed E-state index contributed by atoms with van der Waals surface area (Å²) >= 11 is 0. The maximum atomic E-state index is 5.57. The summed E-state index contributed by atoms with van der Waals surface area (Å²) in [5.74, 6) is 5.57. The lowest BCUT2D eigenvalue weighted by Gasteiger charge is -2.14. The number of pyridine rings is 1. The van der Waals surface area contributed by atoms with Crippen LogP contribution in [-0.4, -0.2) is 14.8 Å². The van der Waals surface area contributed by atoms with Crippen LogP contribution in [-0.2, 0) is 13.5 Å². The summed E-state index contributed by atoms with van der Waals surface area (Å²) in [4.78, 5) is 4.31. The second kappa shape index (κ2) is 5.56. The highest BCUT2D eigenvalue weighted by Gasteiger charge is 2.11. The third-order valence-corrected chi connectivity index (χ3v) is 2.86. The molecule has 0 spiro atoms. The van der Waals surface area contributed by atoms with Crippen molar-refractivity contribution >= 4 is 0 Å². The Morgan fingerprint density at radius 2 is 2.24 bits per heavy atom. The van der Waals surface area contributed by atoms with Gasteiger partial charge in [-0.1, -0.05) is 6.07 Å². The van der Waals surface area contributed by atoms with E-state index < -0.39 is 0 Å². The highest BCUT2D eigenvalue weighted by atomic mass is 15.3. The first-order valence-electron chi connectivity index (χ1n) is 5.65. The van der Waals surface area contributed by atoms with Gasteiger partial charge in [-0.2, -0.15) is 5.10 Å². The van der Waals surface area contributed by atoms with Crippen LogP contribution in [0.1, 0.15) is 23.9 Å². The number of nitrogens with one attached hydrogen (secondary N) is 1. The predicted octanol–water partition coefficient (Wildman–Crippen LogP) is 0.952. The van der Waals surface area contributed by atoms with Crippen LogP contribution in [0.25, 0.3) is 0 Å². The lowest BCUT2D eigenvalue weighted by Crippen LogP contribution is -2.29. The summed E-state index contributed by atoms with van der Waals surface area (Å²) in [5, 5.41) is 4.14. The van der Waals surface area contributed by atoms with E-state index in [-0.39, 0.29) is 6.04 Å². The quantitative estimate of drug-likeness (QED) is 0.594.